The van der Waals surface area contributed by atoms with Crippen molar-refractivity contribution >= 4 is 0 Å². The lowest BCUT2D eigenvalue weighted by atomic mass is 10.1. The van der Waals surface area contributed by atoms with Gasteiger partial charge in [-0.2, -0.15) is 5.10 Å². The second-order valence-corrected chi connectivity index (χ2v) is 3.79. The number of rotatable bonds is 1. The van der Waals surface area contributed by atoms with Gasteiger partial charge in [-0.15, -0.1) is 0 Å². The van der Waals surface area contributed by atoms with Gasteiger partial charge in [0.1, 0.15) is 5.82 Å². The molecule has 1 aromatic heterocycles. The quantitative estimate of drug-likeness (QED) is 0.659. The van der Waals surface area contributed by atoms with E-state index in [0.717, 1.165) is 31.6 Å². The Balaban J connectivity index is 2.28. The van der Waals surface area contributed by atoms with Crippen molar-refractivity contribution in [3.63, 3.8) is 0 Å². The molecule has 14 heavy (non-hydrogen) atoms. The van der Waals surface area contributed by atoms with E-state index in [0.29, 0.717) is 6.04 Å². The molecule has 5 heteroatoms. The molecule has 0 bridgehead atoms. The van der Waals surface area contributed by atoms with Crippen LogP contribution < -0.4 is 11.0 Å². The Morgan fingerprint density at radius 2 is 2.29 bits per heavy atom. The van der Waals surface area contributed by atoms with Crippen LogP contribution in [-0.2, 0) is 20.0 Å². The molecular formula is C9H16N4O. The van der Waals surface area contributed by atoms with Gasteiger partial charge >= 0.3 is 5.69 Å². The molecule has 78 valence electrons. The molecule has 2 rings (SSSR count). The van der Waals surface area contributed by atoms with Gasteiger partial charge in [0, 0.05) is 26.1 Å². The third-order valence-electron chi connectivity index (χ3n) is 2.91. The van der Waals surface area contributed by atoms with Gasteiger partial charge in [0.2, 0.25) is 0 Å². The van der Waals surface area contributed by atoms with Crippen LogP contribution in [0.1, 0.15) is 18.7 Å². The van der Waals surface area contributed by atoms with Crippen LogP contribution in [0, 0.1) is 0 Å². The van der Waals surface area contributed by atoms with E-state index in [2.05, 4.69) is 10.4 Å². The third-order valence-corrected chi connectivity index (χ3v) is 2.91. The van der Waals surface area contributed by atoms with Gasteiger partial charge in [-0.3, -0.25) is 4.57 Å². The van der Waals surface area contributed by atoms with Crippen molar-refractivity contribution in [2.45, 2.75) is 31.8 Å². The Morgan fingerprint density at radius 3 is 3.00 bits per heavy atom. The average Bonchev–Trinajstić information content (AvgIpc) is 2.40. The van der Waals surface area contributed by atoms with Crippen molar-refractivity contribution in [1.82, 2.24) is 19.7 Å². The zero-order valence-electron chi connectivity index (χ0n) is 8.66. The Hall–Kier alpha value is -1.10. The minimum atomic E-state index is 0.0109. The number of nitrogens with one attached hydrogen (secondary N) is 1. The van der Waals surface area contributed by atoms with Crippen molar-refractivity contribution in [1.29, 1.82) is 0 Å². The topological polar surface area (TPSA) is 51.9 Å². The molecule has 0 fully saturated rings. The predicted octanol–water partition coefficient (Wildman–Crippen LogP) is -0.494. The van der Waals surface area contributed by atoms with Gasteiger partial charge in [-0.05, 0) is 19.9 Å². The van der Waals surface area contributed by atoms with Crippen LogP contribution in [0.5, 0.6) is 0 Å². The molecule has 1 atom stereocenters. The molecule has 1 aromatic rings. The molecule has 1 unspecified atom stereocenters. The second-order valence-electron chi connectivity index (χ2n) is 3.79. The summed E-state index contributed by atoms with van der Waals surface area (Å²) in [6, 6.07) is 0.515. The summed E-state index contributed by atoms with van der Waals surface area (Å²) in [5.41, 5.74) is 0.0109. The lowest BCUT2D eigenvalue weighted by Gasteiger charge is -2.10. The highest BCUT2D eigenvalue weighted by Gasteiger charge is 2.18. The van der Waals surface area contributed by atoms with E-state index >= 15 is 0 Å². The van der Waals surface area contributed by atoms with Gasteiger partial charge < -0.3 is 5.32 Å². The van der Waals surface area contributed by atoms with Crippen LogP contribution in [0.4, 0.5) is 0 Å². The van der Waals surface area contributed by atoms with Crippen LogP contribution in [0.3, 0.4) is 0 Å². The molecule has 1 aliphatic rings. The fraction of sp³-hybridized carbons (Fsp3) is 0.778. The largest absolute Gasteiger partial charge is 0.345 e. The Bertz CT molecular complexity index is 379. The lowest BCUT2D eigenvalue weighted by molar-refractivity contribution is 0.475. The number of fused-ring (bicyclic) bond motifs is 1. The molecule has 5 nitrogen and oxygen atoms in total. The van der Waals surface area contributed by atoms with Crippen LogP contribution in [-0.4, -0.2) is 27.4 Å². The number of hydrogen-bond donors (Lipinski definition) is 1. The highest BCUT2D eigenvalue weighted by atomic mass is 16.2. The first kappa shape index (κ1) is 9.45. The molecule has 0 radical (unpaired) electrons. The van der Waals surface area contributed by atoms with Crippen molar-refractivity contribution < 1.29 is 0 Å². The summed E-state index contributed by atoms with van der Waals surface area (Å²) in [5.74, 6) is 0.926. The molecule has 1 N–H and O–H groups in total. The van der Waals surface area contributed by atoms with E-state index < -0.39 is 0 Å². The smallest absolute Gasteiger partial charge is 0.317 e. The van der Waals surface area contributed by atoms with Crippen LogP contribution in [0.2, 0.25) is 0 Å². The summed E-state index contributed by atoms with van der Waals surface area (Å²) in [6.07, 6.45) is 2.96. The third kappa shape index (κ3) is 1.48. The van der Waals surface area contributed by atoms with Gasteiger partial charge in [0.25, 0.3) is 0 Å². The lowest BCUT2D eigenvalue weighted by Crippen LogP contribution is -2.28. The number of aryl methyl sites for hydroxylation is 2. The summed E-state index contributed by atoms with van der Waals surface area (Å²) >= 11 is 0. The monoisotopic (exact) mass is 196 g/mol. The summed E-state index contributed by atoms with van der Waals surface area (Å²) in [6.45, 7) is 0.785. The Labute approximate surface area is 82.7 Å². The predicted molar refractivity (Wildman–Crippen MR) is 53.3 cm³/mol. The van der Waals surface area contributed by atoms with E-state index in [4.69, 9.17) is 0 Å². The standard InChI is InChI=1S/C9H16N4O/c1-10-7-3-4-8-11-12(2)9(14)13(8)6-5-7/h7,10H,3-6H2,1-2H3. The molecule has 0 amide bonds. The number of nitrogens with zero attached hydrogens (tertiary/aromatic N) is 3. The molecule has 0 saturated carbocycles. The van der Waals surface area contributed by atoms with Gasteiger partial charge in [0.15, 0.2) is 0 Å². The first-order valence-corrected chi connectivity index (χ1v) is 5.02. The van der Waals surface area contributed by atoms with E-state index in [-0.39, 0.29) is 5.69 Å². The molecule has 0 aliphatic carbocycles. The zero-order chi connectivity index (χ0) is 10.1. The Kier molecular flexibility index (Phi) is 2.41. The highest BCUT2D eigenvalue weighted by Crippen LogP contribution is 2.10. The minimum absolute atomic E-state index is 0.0109. The molecule has 0 saturated heterocycles. The van der Waals surface area contributed by atoms with E-state index in [1.807, 2.05) is 7.05 Å². The summed E-state index contributed by atoms with van der Waals surface area (Å²) in [4.78, 5) is 11.6. The second kappa shape index (κ2) is 3.57. The number of hydrogen-bond acceptors (Lipinski definition) is 3. The zero-order valence-corrected chi connectivity index (χ0v) is 8.66. The normalized spacial score (nSPS) is 21.7. The van der Waals surface area contributed by atoms with E-state index in [1.54, 1.807) is 11.6 Å². The summed E-state index contributed by atoms with van der Waals surface area (Å²) in [7, 11) is 3.68. The van der Waals surface area contributed by atoms with Crippen LogP contribution in [0.15, 0.2) is 4.79 Å². The van der Waals surface area contributed by atoms with Gasteiger partial charge in [0.05, 0.1) is 0 Å². The van der Waals surface area contributed by atoms with Gasteiger partial charge in [-0.1, -0.05) is 0 Å². The molecule has 2 heterocycles. The van der Waals surface area contributed by atoms with Crippen molar-refractivity contribution in [2.24, 2.45) is 7.05 Å². The van der Waals surface area contributed by atoms with Crippen LogP contribution >= 0.6 is 0 Å². The highest BCUT2D eigenvalue weighted by molar-refractivity contribution is 4.92. The first-order chi connectivity index (χ1) is 6.72. The van der Waals surface area contributed by atoms with Crippen LogP contribution in [0.25, 0.3) is 0 Å². The van der Waals surface area contributed by atoms with Crippen molar-refractivity contribution in [3.8, 4) is 0 Å². The fourth-order valence-electron chi connectivity index (χ4n) is 1.99. The fourth-order valence-corrected chi connectivity index (χ4v) is 1.99. The van der Waals surface area contributed by atoms with Gasteiger partial charge in [-0.25, -0.2) is 9.48 Å². The molecule has 0 spiro atoms. The van der Waals surface area contributed by atoms with Crippen molar-refractivity contribution in [2.75, 3.05) is 7.05 Å². The summed E-state index contributed by atoms with van der Waals surface area (Å²) in [5, 5.41) is 7.47. The maximum atomic E-state index is 11.6. The molecule has 1 aliphatic heterocycles. The molecule has 0 aromatic carbocycles. The minimum Gasteiger partial charge on any atom is -0.317 e. The maximum absolute atomic E-state index is 11.6. The maximum Gasteiger partial charge on any atom is 0.345 e. The van der Waals surface area contributed by atoms with E-state index in [1.165, 1.54) is 4.68 Å². The first-order valence-electron chi connectivity index (χ1n) is 5.02. The SMILES string of the molecule is CNC1CCc2nn(C)c(=O)n2CC1. The van der Waals surface area contributed by atoms with Crippen molar-refractivity contribution in [3.05, 3.63) is 16.3 Å². The average molecular weight is 196 g/mol. The summed E-state index contributed by atoms with van der Waals surface area (Å²) < 4.78 is 3.21. The Morgan fingerprint density at radius 1 is 1.50 bits per heavy atom. The number of aromatic nitrogens is 3. The van der Waals surface area contributed by atoms with E-state index in [9.17, 15) is 4.79 Å². The molecular weight excluding hydrogens is 180 g/mol.